The van der Waals surface area contributed by atoms with Crippen molar-refractivity contribution >= 4 is 12.0 Å². The smallest absolute Gasteiger partial charge is 0.402 e. The monoisotopic (exact) mass is 205 g/mol. The minimum atomic E-state index is -1.33. The zero-order valence-corrected chi connectivity index (χ0v) is 8.78. The van der Waals surface area contributed by atoms with Gasteiger partial charge in [0, 0.05) is 6.54 Å². The summed E-state index contributed by atoms with van der Waals surface area (Å²) in [6, 6.07) is -0.361. The Labute approximate surface area is 83.6 Å². The van der Waals surface area contributed by atoms with Gasteiger partial charge in [0.15, 0.2) is 0 Å². The Kier molecular flexibility index (Phi) is 9.01. The maximum Gasteiger partial charge on any atom is 0.402 e. The average molecular weight is 205 g/mol. The fourth-order valence-electron chi connectivity index (χ4n) is 0.595. The lowest BCUT2D eigenvalue weighted by Gasteiger charge is -2.13. The molecule has 0 aromatic heterocycles. The summed E-state index contributed by atoms with van der Waals surface area (Å²) in [5, 5.41) is 9.86. The summed E-state index contributed by atoms with van der Waals surface area (Å²) in [4.78, 5) is 19.7. The maximum absolute atomic E-state index is 10.9. The quantitative estimate of drug-likeness (QED) is 0.507. The Morgan fingerprint density at radius 3 is 2.00 bits per heavy atom. The fraction of sp³-hybridized carbons (Fsp3) is 0.750. The van der Waals surface area contributed by atoms with Crippen molar-refractivity contribution in [3.05, 3.63) is 0 Å². The second-order valence-corrected chi connectivity index (χ2v) is 3.00. The van der Waals surface area contributed by atoms with E-state index < -0.39 is 6.09 Å². The largest absolute Gasteiger partial charge is 0.465 e. The molecule has 0 bridgehead atoms. The van der Waals surface area contributed by atoms with Crippen molar-refractivity contribution < 1.29 is 14.7 Å². The van der Waals surface area contributed by atoms with Gasteiger partial charge in [-0.2, -0.15) is 0 Å². The van der Waals surface area contributed by atoms with E-state index in [1.807, 2.05) is 20.8 Å². The van der Waals surface area contributed by atoms with Crippen LogP contribution in [0.3, 0.4) is 0 Å². The van der Waals surface area contributed by atoms with Crippen molar-refractivity contribution in [2.75, 3.05) is 6.54 Å². The standard InChI is InChI=1S/C7H16N2O.CH3NO2/c1-4-9-7(10)6(8)5(2)3;2-1(3)4/h5-6H,4,8H2,1-3H3,(H,9,10);2H2,(H,3,4). The van der Waals surface area contributed by atoms with Gasteiger partial charge in [-0.25, -0.2) is 4.79 Å². The van der Waals surface area contributed by atoms with Crippen LogP contribution >= 0.6 is 0 Å². The molecule has 0 aromatic carbocycles. The van der Waals surface area contributed by atoms with Gasteiger partial charge in [0.1, 0.15) is 0 Å². The van der Waals surface area contributed by atoms with Crippen molar-refractivity contribution in [2.45, 2.75) is 26.8 Å². The number of carbonyl (C=O) groups excluding carboxylic acids is 1. The SMILES string of the molecule is CCNC(=O)C(N)C(C)C.NC(=O)O. The highest BCUT2D eigenvalue weighted by Gasteiger charge is 2.15. The summed E-state index contributed by atoms with van der Waals surface area (Å²) in [6.07, 6.45) is -1.33. The number of hydrogen-bond acceptors (Lipinski definition) is 3. The minimum absolute atomic E-state index is 0.0579. The molecule has 6 N–H and O–H groups in total. The molecule has 14 heavy (non-hydrogen) atoms. The number of carbonyl (C=O) groups is 2. The van der Waals surface area contributed by atoms with Crippen LogP contribution in [0.5, 0.6) is 0 Å². The number of amides is 2. The van der Waals surface area contributed by atoms with Gasteiger partial charge in [0.2, 0.25) is 5.91 Å². The lowest BCUT2D eigenvalue weighted by molar-refractivity contribution is -0.123. The van der Waals surface area contributed by atoms with Crippen LogP contribution in [-0.2, 0) is 4.79 Å². The van der Waals surface area contributed by atoms with Crippen LogP contribution in [-0.4, -0.2) is 29.7 Å². The number of rotatable bonds is 3. The summed E-state index contributed by atoms with van der Waals surface area (Å²) in [6.45, 7) is 6.39. The van der Waals surface area contributed by atoms with Crippen LogP contribution in [0.1, 0.15) is 20.8 Å². The molecule has 1 unspecified atom stereocenters. The number of nitrogens with one attached hydrogen (secondary N) is 1. The molecule has 0 aliphatic carbocycles. The number of primary amides is 1. The molecule has 0 aliphatic rings. The molecule has 0 heterocycles. The third-order valence-electron chi connectivity index (χ3n) is 1.37. The van der Waals surface area contributed by atoms with E-state index >= 15 is 0 Å². The summed E-state index contributed by atoms with van der Waals surface area (Å²) < 4.78 is 0. The van der Waals surface area contributed by atoms with Crippen molar-refractivity contribution in [3.63, 3.8) is 0 Å². The number of carboxylic acid groups (broad SMARTS) is 1. The van der Waals surface area contributed by atoms with E-state index in [2.05, 4.69) is 11.1 Å². The van der Waals surface area contributed by atoms with Gasteiger partial charge in [-0.05, 0) is 12.8 Å². The molecule has 1 atom stereocenters. The average Bonchev–Trinajstić information content (AvgIpc) is 2.02. The van der Waals surface area contributed by atoms with Gasteiger partial charge in [0.05, 0.1) is 6.04 Å². The first-order valence-corrected chi connectivity index (χ1v) is 4.34. The molecule has 0 aromatic rings. The first-order valence-electron chi connectivity index (χ1n) is 4.34. The highest BCUT2D eigenvalue weighted by molar-refractivity contribution is 5.81. The molecule has 0 fully saturated rings. The van der Waals surface area contributed by atoms with E-state index in [9.17, 15) is 4.79 Å². The zero-order valence-electron chi connectivity index (χ0n) is 8.78. The van der Waals surface area contributed by atoms with Gasteiger partial charge in [-0.3, -0.25) is 4.79 Å². The summed E-state index contributed by atoms with van der Waals surface area (Å²) in [7, 11) is 0. The van der Waals surface area contributed by atoms with E-state index in [1.54, 1.807) is 0 Å². The molecule has 6 nitrogen and oxygen atoms in total. The van der Waals surface area contributed by atoms with E-state index in [4.69, 9.17) is 15.6 Å². The van der Waals surface area contributed by atoms with Gasteiger partial charge >= 0.3 is 6.09 Å². The molecule has 0 spiro atoms. The normalized spacial score (nSPS) is 11.2. The van der Waals surface area contributed by atoms with Crippen molar-refractivity contribution in [2.24, 2.45) is 17.4 Å². The molecular formula is C8H19N3O3. The van der Waals surface area contributed by atoms with E-state index in [-0.39, 0.29) is 17.9 Å². The van der Waals surface area contributed by atoms with E-state index in [0.717, 1.165) is 0 Å². The maximum atomic E-state index is 10.9. The summed E-state index contributed by atoms with van der Waals surface area (Å²) in [5.74, 6) is 0.157. The third kappa shape index (κ3) is 10.7. The first-order chi connectivity index (χ1) is 6.32. The highest BCUT2D eigenvalue weighted by Crippen LogP contribution is 1.96. The lowest BCUT2D eigenvalue weighted by Crippen LogP contribution is -2.43. The van der Waals surface area contributed by atoms with Crippen LogP contribution < -0.4 is 16.8 Å². The molecule has 0 rings (SSSR count). The Morgan fingerprint density at radius 1 is 1.43 bits per heavy atom. The van der Waals surface area contributed by atoms with Crippen molar-refractivity contribution in [1.29, 1.82) is 0 Å². The number of likely N-dealkylation sites (N-methyl/N-ethyl adjacent to an activating group) is 1. The predicted octanol–water partition coefficient (Wildman–Crippen LogP) is -0.271. The van der Waals surface area contributed by atoms with Gasteiger partial charge < -0.3 is 21.9 Å². The predicted molar refractivity (Wildman–Crippen MR) is 53.7 cm³/mol. The minimum Gasteiger partial charge on any atom is -0.465 e. The molecule has 2 amide bonds. The Hall–Kier alpha value is -1.30. The number of hydrogen-bond donors (Lipinski definition) is 4. The Balaban J connectivity index is 0. The van der Waals surface area contributed by atoms with Crippen LogP contribution in [0.25, 0.3) is 0 Å². The topological polar surface area (TPSA) is 118 Å². The molecule has 0 radical (unpaired) electrons. The molecule has 84 valence electrons. The second kappa shape index (κ2) is 8.31. The van der Waals surface area contributed by atoms with Crippen LogP contribution in [0.2, 0.25) is 0 Å². The summed E-state index contributed by atoms with van der Waals surface area (Å²) in [5.41, 5.74) is 9.56. The molecule has 0 saturated heterocycles. The Bertz CT molecular complexity index is 179. The van der Waals surface area contributed by atoms with E-state index in [0.29, 0.717) is 6.54 Å². The number of nitrogens with two attached hydrogens (primary N) is 2. The van der Waals surface area contributed by atoms with Crippen molar-refractivity contribution in [3.8, 4) is 0 Å². The molecule has 0 saturated carbocycles. The van der Waals surface area contributed by atoms with Gasteiger partial charge in [0.25, 0.3) is 0 Å². The van der Waals surface area contributed by atoms with Crippen LogP contribution in [0, 0.1) is 5.92 Å². The highest BCUT2D eigenvalue weighted by atomic mass is 16.4. The van der Waals surface area contributed by atoms with Crippen LogP contribution in [0.15, 0.2) is 0 Å². The van der Waals surface area contributed by atoms with Gasteiger partial charge in [-0.1, -0.05) is 13.8 Å². The lowest BCUT2D eigenvalue weighted by atomic mass is 10.1. The zero-order chi connectivity index (χ0) is 11.7. The van der Waals surface area contributed by atoms with Gasteiger partial charge in [-0.15, -0.1) is 0 Å². The molecule has 0 aliphatic heterocycles. The first kappa shape index (κ1) is 15.2. The van der Waals surface area contributed by atoms with E-state index in [1.165, 1.54) is 0 Å². The fourth-order valence-corrected chi connectivity index (χ4v) is 0.595. The molecule has 6 heteroatoms. The summed E-state index contributed by atoms with van der Waals surface area (Å²) >= 11 is 0. The third-order valence-corrected chi connectivity index (χ3v) is 1.37. The Morgan fingerprint density at radius 2 is 1.79 bits per heavy atom. The molecular weight excluding hydrogens is 186 g/mol. The second-order valence-electron chi connectivity index (χ2n) is 3.00. The van der Waals surface area contributed by atoms with Crippen LogP contribution in [0.4, 0.5) is 4.79 Å². The van der Waals surface area contributed by atoms with Crippen molar-refractivity contribution in [1.82, 2.24) is 5.32 Å².